The maximum Gasteiger partial charge on any atom is 0.270 e. The molecule has 206 valence electrons. The second-order valence-corrected chi connectivity index (χ2v) is 11.5. The smallest absolute Gasteiger partial charge is 0.270 e. The third-order valence-electron chi connectivity index (χ3n) is 8.66. The first-order chi connectivity index (χ1) is 19.4. The molecule has 0 radical (unpaired) electrons. The van der Waals surface area contributed by atoms with Gasteiger partial charge in [-0.25, -0.2) is 9.37 Å². The lowest BCUT2D eigenvalue weighted by molar-refractivity contribution is 0.287. The highest BCUT2D eigenvalue weighted by atomic mass is 19.1. The first-order valence-corrected chi connectivity index (χ1v) is 14.2. The molecule has 0 atom stereocenters. The molecule has 40 heavy (non-hydrogen) atoms. The third kappa shape index (κ3) is 4.97. The second-order valence-electron chi connectivity index (χ2n) is 11.5. The Balaban J connectivity index is 1.26. The van der Waals surface area contributed by atoms with Crippen molar-refractivity contribution in [2.45, 2.75) is 69.6 Å². The zero-order chi connectivity index (χ0) is 28.0. The molecule has 0 aliphatic heterocycles. The maximum atomic E-state index is 14.5. The van der Waals surface area contributed by atoms with Crippen LogP contribution in [0.5, 0.6) is 5.75 Å². The van der Waals surface area contributed by atoms with E-state index in [2.05, 4.69) is 22.0 Å². The monoisotopic (exact) mass is 540 g/mol. The number of benzene rings is 1. The number of anilines is 2. The van der Waals surface area contributed by atoms with Crippen molar-refractivity contribution in [3.8, 4) is 17.9 Å². The van der Waals surface area contributed by atoms with E-state index < -0.39 is 0 Å². The summed E-state index contributed by atoms with van der Waals surface area (Å²) in [6.07, 6.45) is 8.16. The number of rotatable bonds is 8. The number of fused-ring (bicyclic) bond motifs is 1. The van der Waals surface area contributed by atoms with E-state index >= 15 is 0 Å². The number of nitrogens with zero attached hydrogens (tertiary/aromatic N) is 6. The number of hydrogen-bond donors (Lipinski definition) is 0. The van der Waals surface area contributed by atoms with Gasteiger partial charge < -0.3 is 19.1 Å². The number of nitriles is 2. The Hall–Kier alpha value is -4.11. The minimum Gasteiger partial charge on any atom is -0.487 e. The summed E-state index contributed by atoms with van der Waals surface area (Å²) in [6, 6.07) is 13.2. The number of aromatic nitrogens is 2. The number of aryl methyl sites for hydroxylation is 1. The normalized spacial score (nSPS) is 20.5. The summed E-state index contributed by atoms with van der Waals surface area (Å²) < 4.78 is 21.8. The topological polar surface area (TPSA) is 98.2 Å². The highest BCUT2D eigenvalue weighted by Crippen LogP contribution is 2.39. The van der Waals surface area contributed by atoms with E-state index in [0.717, 1.165) is 50.8 Å². The zero-order valence-corrected chi connectivity index (χ0v) is 22.9. The molecule has 2 heterocycles. The molecule has 3 aliphatic rings. The first-order valence-electron chi connectivity index (χ1n) is 14.2. The summed E-state index contributed by atoms with van der Waals surface area (Å²) in [5.41, 5.74) is 2.52. The molecule has 8 nitrogen and oxygen atoms in total. The summed E-state index contributed by atoms with van der Waals surface area (Å²) in [5, 5.41) is 19.4. The quantitative estimate of drug-likeness (QED) is 0.396. The van der Waals surface area contributed by atoms with Crippen molar-refractivity contribution in [2.75, 3.05) is 23.4 Å². The molecule has 0 N–H and O–H groups in total. The molecule has 9 heteroatoms. The van der Waals surface area contributed by atoms with Crippen molar-refractivity contribution < 1.29 is 9.13 Å². The molecule has 0 bridgehead atoms. The largest absolute Gasteiger partial charge is 0.487 e. The van der Waals surface area contributed by atoms with Gasteiger partial charge in [0.2, 0.25) is 0 Å². The van der Waals surface area contributed by atoms with Crippen LogP contribution >= 0.6 is 0 Å². The van der Waals surface area contributed by atoms with Gasteiger partial charge in [0.05, 0.1) is 17.3 Å². The van der Waals surface area contributed by atoms with Crippen molar-refractivity contribution in [3.05, 3.63) is 57.8 Å². The fourth-order valence-electron chi connectivity index (χ4n) is 6.01. The van der Waals surface area contributed by atoms with Gasteiger partial charge >= 0.3 is 0 Å². The Morgan fingerprint density at radius 3 is 2.40 bits per heavy atom. The Morgan fingerprint density at radius 1 is 1.02 bits per heavy atom. The highest BCUT2D eigenvalue weighted by Gasteiger charge is 2.34. The van der Waals surface area contributed by atoms with Gasteiger partial charge in [0, 0.05) is 44.5 Å². The minimum atomic E-state index is -0.367. The van der Waals surface area contributed by atoms with Gasteiger partial charge in [-0.05, 0) is 81.5 Å². The number of pyridine rings is 2. The average Bonchev–Trinajstić information content (AvgIpc) is 3.91. The standard InChI is InChI=1S/C31H33FN6O2/c1-36(30-25(17-34)31(39)37(2)27-14-5-20(16-33)35-29(27)30)21-6-8-22(9-7-21)38(18-19-3-4-19)23-10-13-26(32)28(15-23)40-24-11-12-24/h5,10,13-15,19,21-22,24H,3-4,6-9,11-12,18H2,1-2H3/t21-,22-. The van der Waals surface area contributed by atoms with Crippen LogP contribution in [0, 0.1) is 34.4 Å². The van der Waals surface area contributed by atoms with Gasteiger partial charge in [-0.3, -0.25) is 4.79 Å². The van der Waals surface area contributed by atoms with Gasteiger partial charge in [-0.2, -0.15) is 10.5 Å². The van der Waals surface area contributed by atoms with Crippen LogP contribution in [-0.2, 0) is 7.05 Å². The Labute approximate surface area is 233 Å². The molecule has 0 spiro atoms. The van der Waals surface area contributed by atoms with Crippen molar-refractivity contribution >= 4 is 22.4 Å². The van der Waals surface area contributed by atoms with Crippen LogP contribution in [0.25, 0.3) is 11.0 Å². The van der Waals surface area contributed by atoms with Crippen LogP contribution in [0.2, 0.25) is 0 Å². The van der Waals surface area contributed by atoms with E-state index in [1.54, 1.807) is 19.2 Å². The lowest BCUT2D eigenvalue weighted by atomic mass is 9.88. The maximum absolute atomic E-state index is 14.5. The molecule has 6 rings (SSSR count). The van der Waals surface area contributed by atoms with Gasteiger partial charge in [-0.1, -0.05) is 0 Å². The summed E-state index contributed by atoms with van der Waals surface area (Å²) in [7, 11) is 3.55. The zero-order valence-electron chi connectivity index (χ0n) is 22.9. The molecule has 2 aromatic heterocycles. The number of ether oxygens (including phenoxy) is 1. The van der Waals surface area contributed by atoms with E-state index in [1.807, 2.05) is 24.1 Å². The van der Waals surface area contributed by atoms with Crippen molar-refractivity contribution in [1.82, 2.24) is 9.55 Å². The predicted molar refractivity (Wildman–Crippen MR) is 151 cm³/mol. The van der Waals surface area contributed by atoms with Crippen LogP contribution in [0.4, 0.5) is 15.8 Å². The lowest BCUT2D eigenvalue weighted by Gasteiger charge is -2.42. The van der Waals surface area contributed by atoms with Gasteiger partial charge in [0.25, 0.3) is 5.56 Å². The summed E-state index contributed by atoms with van der Waals surface area (Å²) >= 11 is 0. The fourth-order valence-corrected chi connectivity index (χ4v) is 6.01. The molecule has 1 aromatic carbocycles. The summed E-state index contributed by atoms with van der Waals surface area (Å²) in [6.45, 7) is 0.957. The molecular formula is C31H33FN6O2. The SMILES string of the molecule is Cn1c(=O)c(C#N)c(N(C)[C@H]2CC[C@H](N(CC3CC3)c3ccc(F)c(OC4CC4)c3)CC2)c2nc(C#N)ccc21. The van der Waals surface area contributed by atoms with E-state index in [-0.39, 0.29) is 34.8 Å². The summed E-state index contributed by atoms with van der Waals surface area (Å²) in [4.78, 5) is 22.1. The minimum absolute atomic E-state index is 0.0482. The molecule has 3 aliphatic carbocycles. The molecule has 3 fully saturated rings. The summed E-state index contributed by atoms with van der Waals surface area (Å²) in [5.74, 6) is 0.707. The fraction of sp³-hybridized carbons (Fsp3) is 0.484. The predicted octanol–water partition coefficient (Wildman–Crippen LogP) is 5.02. The average molecular weight is 541 g/mol. The van der Waals surface area contributed by atoms with Gasteiger partial charge in [0.15, 0.2) is 11.6 Å². The first kappa shape index (κ1) is 26.1. The molecule has 3 aromatic rings. The second kappa shape index (κ2) is 10.5. The molecule has 0 unspecified atom stereocenters. The van der Waals surface area contributed by atoms with Gasteiger partial charge in [0.1, 0.15) is 28.9 Å². The highest BCUT2D eigenvalue weighted by molar-refractivity contribution is 5.92. The Morgan fingerprint density at radius 2 is 1.75 bits per heavy atom. The van der Waals surface area contributed by atoms with E-state index in [0.29, 0.717) is 34.4 Å². The van der Waals surface area contributed by atoms with Crippen molar-refractivity contribution in [1.29, 1.82) is 10.5 Å². The Kier molecular flexibility index (Phi) is 6.83. The van der Waals surface area contributed by atoms with Crippen molar-refractivity contribution in [3.63, 3.8) is 0 Å². The molecular weight excluding hydrogens is 507 g/mol. The lowest BCUT2D eigenvalue weighted by Crippen LogP contribution is -2.44. The van der Waals surface area contributed by atoms with Crippen LogP contribution in [0.3, 0.4) is 0 Å². The van der Waals surface area contributed by atoms with Crippen molar-refractivity contribution in [2.24, 2.45) is 13.0 Å². The van der Waals surface area contributed by atoms with Crippen LogP contribution < -0.4 is 20.1 Å². The molecule has 0 amide bonds. The van der Waals surface area contributed by atoms with Crippen LogP contribution in [0.15, 0.2) is 35.1 Å². The molecule has 3 saturated carbocycles. The number of halogens is 1. The Bertz CT molecular complexity index is 1590. The van der Waals surface area contributed by atoms with E-state index in [9.17, 15) is 19.7 Å². The van der Waals surface area contributed by atoms with E-state index in [1.165, 1.54) is 23.5 Å². The van der Waals surface area contributed by atoms with Gasteiger partial charge in [-0.15, -0.1) is 0 Å². The van der Waals surface area contributed by atoms with Crippen LogP contribution in [0.1, 0.15) is 62.6 Å². The molecule has 0 saturated heterocycles. The van der Waals surface area contributed by atoms with E-state index in [4.69, 9.17) is 4.74 Å². The van der Waals surface area contributed by atoms with Crippen LogP contribution in [-0.4, -0.2) is 41.3 Å². The number of hydrogen-bond acceptors (Lipinski definition) is 7. The third-order valence-corrected chi connectivity index (χ3v) is 8.66.